The van der Waals surface area contributed by atoms with Gasteiger partial charge >= 0.3 is 13.7 Å². The van der Waals surface area contributed by atoms with Gasteiger partial charge in [-0.3, -0.25) is 13.9 Å². The normalized spacial score (nSPS) is 29.7. The van der Waals surface area contributed by atoms with Crippen LogP contribution in [0.4, 0.5) is 16.2 Å². The molecular formula is C27H34ClFN7O7P. The number of hydrogen-bond donors (Lipinski definition) is 3. The highest BCUT2D eigenvalue weighted by Crippen LogP contribution is 2.69. The largest absolute Gasteiger partial charge is 0.462 e. The number of halogens is 2. The summed E-state index contributed by atoms with van der Waals surface area (Å²) in [7, 11) is -2.62. The number of aromatic nitrogens is 4. The van der Waals surface area contributed by atoms with E-state index >= 15 is 4.39 Å². The van der Waals surface area contributed by atoms with Crippen LogP contribution in [-0.4, -0.2) is 85.2 Å². The van der Waals surface area contributed by atoms with Crippen molar-refractivity contribution in [1.29, 1.82) is 0 Å². The second-order valence-electron chi connectivity index (χ2n) is 11.6. The number of nitrogens with one attached hydrogen (secondary N) is 1. The number of anilines is 2. The molecule has 7 atom stereocenters. The topological polar surface area (TPSA) is 176 Å². The molecule has 0 bridgehead atoms. The summed E-state index contributed by atoms with van der Waals surface area (Å²) < 4.78 is 54.5. The number of carbonyl (C=O) groups excluding carboxylic acids is 1. The number of fused-ring (bicyclic) bond motifs is 2. The smallest absolute Gasteiger partial charge is 0.459 e. The van der Waals surface area contributed by atoms with Gasteiger partial charge in [0.05, 0.1) is 18.3 Å². The van der Waals surface area contributed by atoms with Gasteiger partial charge in [-0.05, 0) is 45.7 Å². The predicted molar refractivity (Wildman–Crippen MR) is 158 cm³/mol. The molecule has 3 aromatic rings. The van der Waals surface area contributed by atoms with Gasteiger partial charge in [-0.2, -0.15) is 15.1 Å². The van der Waals surface area contributed by atoms with Crippen LogP contribution in [0.2, 0.25) is 0 Å². The van der Waals surface area contributed by atoms with E-state index in [9.17, 15) is 14.5 Å². The van der Waals surface area contributed by atoms with E-state index in [1.54, 1.807) is 32.0 Å². The molecule has 2 aliphatic carbocycles. The Morgan fingerprint density at radius 3 is 2.64 bits per heavy atom. The number of nitrogens with zero attached hydrogens (tertiary/aromatic N) is 5. The Bertz CT molecular complexity index is 1610. The first kappa shape index (κ1) is 30.9. The van der Waals surface area contributed by atoms with Crippen molar-refractivity contribution in [3.05, 3.63) is 36.7 Å². The molecule has 6 rings (SSSR count). The molecule has 3 aliphatic rings. The third-order valence-electron chi connectivity index (χ3n) is 8.01. The van der Waals surface area contributed by atoms with Crippen LogP contribution in [0.1, 0.15) is 39.8 Å². The summed E-state index contributed by atoms with van der Waals surface area (Å²) in [6.45, 7) is 4.74. The van der Waals surface area contributed by atoms with E-state index in [2.05, 4.69) is 20.0 Å². The van der Waals surface area contributed by atoms with Crippen molar-refractivity contribution in [2.75, 3.05) is 23.6 Å². The Kier molecular flexibility index (Phi) is 7.78. The van der Waals surface area contributed by atoms with Gasteiger partial charge < -0.3 is 29.7 Å². The summed E-state index contributed by atoms with van der Waals surface area (Å²) in [6, 6.07) is 7.17. The first-order valence-electron chi connectivity index (χ1n) is 14.2. The molecular weight excluding hydrogens is 620 g/mol. The molecule has 0 amide bonds. The number of ether oxygens (including phenoxy) is 2. The highest BCUT2D eigenvalue weighted by atomic mass is 35.5. The number of hydrogen-bond acceptors (Lipinski definition) is 12. The number of alkyl halides is 2. The Labute approximate surface area is 257 Å². The van der Waals surface area contributed by atoms with Gasteiger partial charge in [0, 0.05) is 13.1 Å². The Hall–Kier alpha value is -3.07. The quantitative estimate of drug-likeness (QED) is 0.148. The van der Waals surface area contributed by atoms with Crippen molar-refractivity contribution >= 4 is 48.2 Å². The van der Waals surface area contributed by atoms with E-state index < -0.39 is 61.4 Å². The zero-order chi connectivity index (χ0) is 31.6. The summed E-state index contributed by atoms with van der Waals surface area (Å²) in [6.07, 6.45) is -2.22. The van der Waals surface area contributed by atoms with Gasteiger partial charge in [-0.15, -0.1) is 11.6 Å². The number of carbonyl (C=O) groups is 1. The summed E-state index contributed by atoms with van der Waals surface area (Å²) in [4.78, 5) is 27.5. The number of benzene rings is 1. The Morgan fingerprint density at radius 2 is 2.02 bits per heavy atom. The van der Waals surface area contributed by atoms with Crippen LogP contribution in [0.15, 0.2) is 36.7 Å². The van der Waals surface area contributed by atoms with Gasteiger partial charge in [0.15, 0.2) is 35.0 Å². The lowest BCUT2D eigenvalue weighted by molar-refractivity contribution is -0.149. The van der Waals surface area contributed by atoms with Crippen LogP contribution in [0.3, 0.4) is 0 Å². The van der Waals surface area contributed by atoms with Crippen molar-refractivity contribution in [1.82, 2.24) is 24.6 Å². The lowest BCUT2D eigenvalue weighted by Gasteiger charge is -2.27. The molecule has 2 saturated carbocycles. The summed E-state index contributed by atoms with van der Waals surface area (Å²) in [5.74, 6) is -0.560. The zero-order valence-electron chi connectivity index (χ0n) is 24.5. The number of para-hydroxylation sites is 1. The maximum atomic E-state index is 16.3. The predicted octanol–water partition coefficient (Wildman–Crippen LogP) is 3.10. The molecule has 14 nitrogen and oxygen atoms in total. The van der Waals surface area contributed by atoms with E-state index in [4.69, 9.17) is 35.9 Å². The monoisotopic (exact) mass is 653 g/mol. The summed E-state index contributed by atoms with van der Waals surface area (Å²) in [5, 5.41) is 14.2. The molecule has 17 heteroatoms. The van der Waals surface area contributed by atoms with E-state index in [1.807, 2.05) is 11.9 Å². The van der Waals surface area contributed by atoms with Crippen LogP contribution in [0.25, 0.3) is 11.2 Å². The van der Waals surface area contributed by atoms with Gasteiger partial charge in [-0.1, -0.05) is 18.2 Å². The fourth-order valence-electron chi connectivity index (χ4n) is 5.52. The van der Waals surface area contributed by atoms with Crippen molar-refractivity contribution in [3.63, 3.8) is 0 Å². The van der Waals surface area contributed by atoms with E-state index in [-0.39, 0.29) is 23.4 Å². The molecule has 1 unspecified atom stereocenters. The fourth-order valence-corrected chi connectivity index (χ4v) is 7.69. The van der Waals surface area contributed by atoms with Gasteiger partial charge in [0.2, 0.25) is 5.95 Å². The first-order valence-corrected chi connectivity index (χ1v) is 16.3. The summed E-state index contributed by atoms with van der Waals surface area (Å²) >= 11 is 6.29. The minimum Gasteiger partial charge on any atom is -0.462 e. The molecule has 4 N–H and O–H groups in total. The van der Waals surface area contributed by atoms with Crippen LogP contribution < -0.4 is 20.2 Å². The van der Waals surface area contributed by atoms with Crippen molar-refractivity contribution < 1.29 is 37.4 Å². The molecule has 0 radical (unpaired) electrons. The van der Waals surface area contributed by atoms with Gasteiger partial charge in [0.1, 0.15) is 23.5 Å². The third kappa shape index (κ3) is 5.09. The standard InChI is InChI=1S/C27H34ClFN7O7P/c1-14(2)40-23(37)15(3)34-44(39,42-17-8-6-5-7-9-17)43-24-26(12-28)27(24,38)19(29)22(41-26)36-13-31-18-20(35(4)16-10-11-16)32-25(30)33-21(18)36/h5-9,13-16,19,22,24,38H,10-12H2,1-4H3,(H,34,39)(H2,30,32,33)/t15-,19-,22+,24?,26+,27+,44-/m0/s1. The second kappa shape index (κ2) is 11.1. The molecule has 238 valence electrons. The minimum atomic E-state index is -4.49. The fraction of sp³-hybridized carbons (Fsp3) is 0.556. The molecule has 1 saturated heterocycles. The highest BCUT2D eigenvalue weighted by Gasteiger charge is 2.90. The molecule has 44 heavy (non-hydrogen) atoms. The molecule has 3 fully saturated rings. The summed E-state index contributed by atoms with van der Waals surface area (Å²) in [5.41, 5.74) is 2.41. The number of imidazole rings is 1. The van der Waals surface area contributed by atoms with Gasteiger partial charge in [0.25, 0.3) is 0 Å². The maximum absolute atomic E-state index is 16.3. The lowest BCUT2D eigenvalue weighted by atomic mass is 10.1. The molecule has 0 spiro atoms. The Balaban J connectivity index is 1.28. The lowest BCUT2D eigenvalue weighted by Crippen LogP contribution is -2.38. The number of nitrogen functional groups attached to an aromatic ring is 1. The van der Waals surface area contributed by atoms with Crippen molar-refractivity contribution in [2.24, 2.45) is 0 Å². The molecule has 1 aliphatic heterocycles. The van der Waals surface area contributed by atoms with Crippen molar-refractivity contribution in [2.45, 2.75) is 81.5 Å². The average molecular weight is 654 g/mol. The average Bonchev–Trinajstić information content (AvgIpc) is 3.83. The molecule has 1 aromatic carbocycles. The number of nitrogens with two attached hydrogens (primary N) is 1. The SMILES string of the molecule is CC(C)OC(=O)[C@H](C)N[P@](=O)(Oc1ccccc1)OC1[C@@]2(CCl)O[C@@H](n3cnc4c(N(C)C5CC5)nc(N)nc43)[C@H](F)[C@@]12O. The molecule has 2 aromatic heterocycles. The van der Waals surface area contributed by atoms with Crippen LogP contribution in [-0.2, 0) is 23.4 Å². The van der Waals surface area contributed by atoms with E-state index in [0.717, 1.165) is 12.8 Å². The number of rotatable bonds is 12. The van der Waals surface area contributed by atoms with E-state index in [0.29, 0.717) is 11.3 Å². The third-order valence-corrected chi connectivity index (χ3v) is 10.1. The maximum Gasteiger partial charge on any atom is 0.459 e. The van der Waals surface area contributed by atoms with Crippen LogP contribution >= 0.6 is 19.3 Å². The van der Waals surface area contributed by atoms with E-state index in [1.165, 1.54) is 30.0 Å². The zero-order valence-corrected chi connectivity index (χ0v) is 26.1. The van der Waals surface area contributed by atoms with Crippen LogP contribution in [0, 0.1) is 0 Å². The Morgan fingerprint density at radius 1 is 1.32 bits per heavy atom. The number of esters is 1. The number of aliphatic hydroxyl groups is 1. The second-order valence-corrected chi connectivity index (χ2v) is 13.5. The van der Waals surface area contributed by atoms with Crippen LogP contribution in [0.5, 0.6) is 5.75 Å². The minimum absolute atomic E-state index is 0.0394. The molecule has 3 heterocycles. The highest BCUT2D eigenvalue weighted by molar-refractivity contribution is 7.52. The first-order chi connectivity index (χ1) is 20.8. The van der Waals surface area contributed by atoms with Crippen molar-refractivity contribution in [3.8, 4) is 5.75 Å². The van der Waals surface area contributed by atoms with Gasteiger partial charge in [-0.25, -0.2) is 13.9 Å².